The fourth-order valence-electron chi connectivity index (χ4n) is 1.79. The monoisotopic (exact) mass is 280 g/mol. The molecule has 0 aliphatic heterocycles. The van der Waals surface area contributed by atoms with E-state index in [4.69, 9.17) is 5.11 Å². The van der Waals surface area contributed by atoms with Crippen molar-refractivity contribution in [2.45, 2.75) is 19.1 Å². The number of hydrogen-bond acceptors (Lipinski definition) is 2. The van der Waals surface area contributed by atoms with E-state index in [1.54, 1.807) is 0 Å². The van der Waals surface area contributed by atoms with Crippen molar-refractivity contribution in [3.8, 4) is 0 Å². The standard InChI is InChI=1S/C11H9F5N2O/c12-6-4-8-9(5-7(6)13)18(2-1-3-19)10(17-8)11(14,15)16/h4-5,19H,1-3H2. The van der Waals surface area contributed by atoms with Gasteiger partial charge in [0.25, 0.3) is 0 Å². The minimum Gasteiger partial charge on any atom is -0.396 e. The second kappa shape index (κ2) is 4.76. The van der Waals surface area contributed by atoms with E-state index >= 15 is 0 Å². The Hall–Kier alpha value is -1.70. The number of rotatable bonds is 3. The molecule has 3 nitrogen and oxygen atoms in total. The smallest absolute Gasteiger partial charge is 0.396 e. The van der Waals surface area contributed by atoms with E-state index in [9.17, 15) is 22.0 Å². The average molecular weight is 280 g/mol. The topological polar surface area (TPSA) is 38.0 Å². The van der Waals surface area contributed by atoms with Gasteiger partial charge in [0.15, 0.2) is 11.6 Å². The average Bonchev–Trinajstić information content (AvgIpc) is 2.65. The zero-order valence-corrected chi connectivity index (χ0v) is 9.51. The third-order valence-corrected chi connectivity index (χ3v) is 2.58. The van der Waals surface area contributed by atoms with Crippen molar-refractivity contribution >= 4 is 11.0 Å². The van der Waals surface area contributed by atoms with E-state index in [1.165, 1.54) is 0 Å². The van der Waals surface area contributed by atoms with Gasteiger partial charge in [-0.3, -0.25) is 0 Å². The molecular weight excluding hydrogens is 271 g/mol. The summed E-state index contributed by atoms with van der Waals surface area (Å²) < 4.78 is 65.2. The number of fused-ring (bicyclic) bond motifs is 1. The highest BCUT2D eigenvalue weighted by atomic mass is 19.4. The number of aliphatic hydroxyl groups excluding tert-OH is 1. The lowest BCUT2D eigenvalue weighted by atomic mass is 10.3. The molecule has 0 spiro atoms. The molecule has 1 aromatic heterocycles. The van der Waals surface area contributed by atoms with Crippen molar-refractivity contribution in [1.29, 1.82) is 0 Å². The van der Waals surface area contributed by atoms with Crippen molar-refractivity contribution in [3.63, 3.8) is 0 Å². The molecule has 2 aromatic rings. The largest absolute Gasteiger partial charge is 0.449 e. The molecule has 1 aromatic carbocycles. The molecule has 0 bridgehead atoms. The first kappa shape index (κ1) is 13.7. The Labute approximate surface area is 104 Å². The number of nitrogens with zero attached hydrogens (tertiary/aromatic N) is 2. The fourth-order valence-corrected chi connectivity index (χ4v) is 1.79. The Morgan fingerprint density at radius 3 is 2.37 bits per heavy atom. The molecule has 0 saturated heterocycles. The second-order valence-electron chi connectivity index (χ2n) is 3.92. The summed E-state index contributed by atoms with van der Waals surface area (Å²) in [7, 11) is 0. The van der Waals surface area contributed by atoms with Gasteiger partial charge in [0.1, 0.15) is 0 Å². The molecule has 104 valence electrons. The molecule has 8 heteroatoms. The molecule has 0 saturated carbocycles. The number of aromatic nitrogens is 2. The van der Waals surface area contributed by atoms with Crippen molar-refractivity contribution in [2.24, 2.45) is 0 Å². The van der Waals surface area contributed by atoms with Gasteiger partial charge in [-0.1, -0.05) is 0 Å². The summed E-state index contributed by atoms with van der Waals surface area (Å²) in [5.74, 6) is -3.74. The number of imidazole rings is 1. The molecule has 0 amide bonds. The highest BCUT2D eigenvalue weighted by Gasteiger charge is 2.37. The maximum atomic E-state index is 13.1. The van der Waals surface area contributed by atoms with Gasteiger partial charge in [-0.2, -0.15) is 13.2 Å². The number of alkyl halides is 3. The number of benzene rings is 1. The van der Waals surface area contributed by atoms with E-state index in [-0.39, 0.29) is 30.6 Å². The summed E-state index contributed by atoms with van der Waals surface area (Å²) >= 11 is 0. The van der Waals surface area contributed by atoms with Crippen LogP contribution in [0.3, 0.4) is 0 Å². The summed E-state index contributed by atoms with van der Waals surface area (Å²) in [6.45, 7) is -0.506. The molecule has 0 radical (unpaired) electrons. The molecule has 0 fully saturated rings. The fraction of sp³-hybridized carbons (Fsp3) is 0.364. The molecule has 2 rings (SSSR count). The zero-order valence-electron chi connectivity index (χ0n) is 9.51. The highest BCUT2D eigenvalue weighted by Crippen LogP contribution is 2.32. The van der Waals surface area contributed by atoms with Crippen LogP contribution in [-0.4, -0.2) is 21.3 Å². The quantitative estimate of drug-likeness (QED) is 0.878. The van der Waals surface area contributed by atoms with E-state index in [2.05, 4.69) is 4.98 Å². The van der Waals surface area contributed by atoms with Gasteiger partial charge in [0.05, 0.1) is 11.0 Å². The Balaban J connectivity index is 2.67. The first-order valence-electron chi connectivity index (χ1n) is 5.38. The number of aliphatic hydroxyl groups is 1. The second-order valence-corrected chi connectivity index (χ2v) is 3.92. The van der Waals surface area contributed by atoms with Gasteiger partial charge < -0.3 is 9.67 Å². The van der Waals surface area contributed by atoms with Crippen molar-refractivity contribution in [2.75, 3.05) is 6.61 Å². The molecule has 1 heterocycles. The lowest BCUT2D eigenvalue weighted by Crippen LogP contribution is -2.15. The van der Waals surface area contributed by atoms with Crippen LogP contribution in [0.1, 0.15) is 12.2 Å². The SMILES string of the molecule is OCCCn1c(C(F)(F)F)nc2cc(F)c(F)cc21. The summed E-state index contributed by atoms with van der Waals surface area (Å²) in [4.78, 5) is 3.29. The molecule has 0 atom stereocenters. The van der Waals surface area contributed by atoms with E-state index in [1.807, 2.05) is 0 Å². The van der Waals surface area contributed by atoms with E-state index in [0.717, 1.165) is 4.57 Å². The Bertz CT molecular complexity index is 605. The third-order valence-electron chi connectivity index (χ3n) is 2.58. The van der Waals surface area contributed by atoms with Crippen LogP contribution in [-0.2, 0) is 12.7 Å². The van der Waals surface area contributed by atoms with Crippen LogP contribution in [0.15, 0.2) is 12.1 Å². The van der Waals surface area contributed by atoms with Crippen molar-refractivity contribution < 1.29 is 27.1 Å². The Morgan fingerprint density at radius 2 is 1.79 bits per heavy atom. The predicted molar refractivity (Wildman–Crippen MR) is 56.4 cm³/mol. The summed E-state index contributed by atoms with van der Waals surface area (Å²) in [6.07, 6.45) is -4.69. The molecule has 19 heavy (non-hydrogen) atoms. The lowest BCUT2D eigenvalue weighted by molar-refractivity contribution is -0.147. The zero-order chi connectivity index (χ0) is 14.2. The molecule has 1 N–H and O–H groups in total. The van der Waals surface area contributed by atoms with Crippen LogP contribution in [0.4, 0.5) is 22.0 Å². The summed E-state index contributed by atoms with van der Waals surface area (Å²) in [5.41, 5.74) is -0.427. The Morgan fingerprint density at radius 1 is 1.16 bits per heavy atom. The van der Waals surface area contributed by atoms with Gasteiger partial charge in [-0.15, -0.1) is 0 Å². The van der Waals surface area contributed by atoms with Crippen LogP contribution < -0.4 is 0 Å². The number of halogens is 5. The van der Waals surface area contributed by atoms with Gasteiger partial charge in [-0.25, -0.2) is 13.8 Å². The number of aryl methyl sites for hydroxylation is 1. The Kier molecular flexibility index (Phi) is 3.44. The van der Waals surface area contributed by atoms with Gasteiger partial charge in [0.2, 0.25) is 5.82 Å². The predicted octanol–water partition coefficient (Wildman–Crippen LogP) is 2.72. The molecule has 0 aliphatic rings. The molecule has 0 aliphatic carbocycles. The van der Waals surface area contributed by atoms with E-state index < -0.39 is 23.6 Å². The van der Waals surface area contributed by atoms with Crippen LogP contribution >= 0.6 is 0 Å². The highest BCUT2D eigenvalue weighted by molar-refractivity contribution is 5.76. The molecular formula is C11H9F5N2O. The van der Waals surface area contributed by atoms with Crippen LogP contribution in [0.2, 0.25) is 0 Å². The number of hydrogen-bond donors (Lipinski definition) is 1. The summed E-state index contributed by atoms with van der Waals surface area (Å²) in [5, 5.41) is 8.68. The summed E-state index contributed by atoms with van der Waals surface area (Å²) in [6, 6.07) is 1.29. The van der Waals surface area contributed by atoms with Crippen molar-refractivity contribution in [1.82, 2.24) is 9.55 Å². The first-order valence-corrected chi connectivity index (χ1v) is 5.38. The molecule has 0 unspecified atom stereocenters. The maximum absolute atomic E-state index is 13.1. The van der Waals surface area contributed by atoms with Gasteiger partial charge in [-0.05, 0) is 6.42 Å². The minimum absolute atomic E-state index is 0.0491. The first-order chi connectivity index (χ1) is 8.84. The van der Waals surface area contributed by atoms with Gasteiger partial charge in [0, 0.05) is 25.3 Å². The maximum Gasteiger partial charge on any atom is 0.449 e. The van der Waals surface area contributed by atoms with E-state index in [0.29, 0.717) is 12.1 Å². The third kappa shape index (κ3) is 2.53. The lowest BCUT2D eigenvalue weighted by Gasteiger charge is -2.10. The normalized spacial score (nSPS) is 12.3. The van der Waals surface area contributed by atoms with Crippen LogP contribution in [0.25, 0.3) is 11.0 Å². The van der Waals surface area contributed by atoms with Crippen molar-refractivity contribution in [3.05, 3.63) is 29.6 Å². The van der Waals surface area contributed by atoms with Crippen LogP contribution in [0.5, 0.6) is 0 Å². The van der Waals surface area contributed by atoms with Gasteiger partial charge >= 0.3 is 6.18 Å². The van der Waals surface area contributed by atoms with Crippen LogP contribution in [0, 0.1) is 11.6 Å². The minimum atomic E-state index is -4.73.